The molecular formula is C22H32N4O4. The molecule has 1 aromatic rings. The van der Waals surface area contributed by atoms with Crippen molar-refractivity contribution in [3.8, 4) is 6.07 Å². The van der Waals surface area contributed by atoms with Gasteiger partial charge >= 0.3 is 5.97 Å². The molecule has 1 rings (SSSR count). The van der Waals surface area contributed by atoms with Gasteiger partial charge in [-0.3, -0.25) is 9.59 Å². The number of rotatable bonds is 8. The summed E-state index contributed by atoms with van der Waals surface area (Å²) in [7, 11) is 1.45. The number of carbonyl (C=O) groups excluding carboxylic acids is 3. The third-order valence-electron chi connectivity index (χ3n) is 4.35. The highest BCUT2D eigenvalue weighted by Crippen LogP contribution is 2.19. The second-order valence-corrected chi connectivity index (χ2v) is 8.27. The Balaban J connectivity index is 2.76. The van der Waals surface area contributed by atoms with Crippen LogP contribution in [0.1, 0.15) is 51.1 Å². The first-order valence-electron chi connectivity index (χ1n) is 9.90. The van der Waals surface area contributed by atoms with E-state index in [1.54, 1.807) is 0 Å². The van der Waals surface area contributed by atoms with Gasteiger partial charge in [-0.1, -0.05) is 6.92 Å². The molecular weight excluding hydrogens is 384 g/mol. The lowest BCUT2D eigenvalue weighted by molar-refractivity contribution is -0.148. The zero-order valence-corrected chi connectivity index (χ0v) is 19.0. The minimum absolute atomic E-state index is 0.155. The van der Waals surface area contributed by atoms with Gasteiger partial charge in [0.15, 0.2) is 6.61 Å². The van der Waals surface area contributed by atoms with Gasteiger partial charge in [-0.25, -0.2) is 4.79 Å². The molecule has 0 radical (unpaired) electrons. The molecule has 0 saturated carbocycles. The van der Waals surface area contributed by atoms with Gasteiger partial charge < -0.3 is 19.5 Å². The number of hydrogen-bond donors (Lipinski definition) is 1. The fourth-order valence-electron chi connectivity index (χ4n) is 2.91. The molecule has 0 aromatic carbocycles. The Morgan fingerprint density at radius 3 is 2.47 bits per heavy atom. The zero-order valence-electron chi connectivity index (χ0n) is 19.0. The molecule has 8 nitrogen and oxygen atoms in total. The summed E-state index contributed by atoms with van der Waals surface area (Å²) in [6, 6.07) is 3.74. The van der Waals surface area contributed by atoms with Crippen molar-refractivity contribution in [1.82, 2.24) is 14.8 Å². The number of nitrogens with one attached hydrogen (secondary N) is 1. The Bertz CT molecular complexity index is 869. The van der Waals surface area contributed by atoms with Crippen LogP contribution in [0.3, 0.4) is 0 Å². The summed E-state index contributed by atoms with van der Waals surface area (Å²) < 4.78 is 7.12. The number of nitriles is 1. The number of esters is 1. The first-order chi connectivity index (χ1) is 13.9. The van der Waals surface area contributed by atoms with Crippen LogP contribution in [0, 0.1) is 25.2 Å². The van der Waals surface area contributed by atoms with Gasteiger partial charge in [-0.15, -0.1) is 0 Å². The van der Waals surface area contributed by atoms with Crippen LogP contribution < -0.4 is 5.32 Å². The number of likely N-dealkylation sites (N-methyl/N-ethyl adjacent to an activating group) is 1. The Kier molecular flexibility index (Phi) is 8.84. The molecule has 0 aliphatic heterocycles. The molecule has 0 aliphatic carbocycles. The molecule has 0 saturated heterocycles. The SMILES string of the molecule is CCCn1c(C)cc(/C=C(\C#N)C(=O)OCC(=O)N(C)CC(=O)NC(C)(C)C)c1C. The van der Waals surface area contributed by atoms with Gasteiger partial charge in [-0.05, 0) is 58.7 Å². The van der Waals surface area contributed by atoms with Crippen LogP contribution in [0.5, 0.6) is 0 Å². The predicted molar refractivity (Wildman–Crippen MR) is 114 cm³/mol. The number of nitrogens with zero attached hydrogens (tertiary/aromatic N) is 3. The van der Waals surface area contributed by atoms with Crippen molar-refractivity contribution in [2.75, 3.05) is 20.2 Å². The fraction of sp³-hybridized carbons (Fsp3) is 0.545. The highest BCUT2D eigenvalue weighted by molar-refractivity contribution is 5.99. The molecule has 1 N–H and O–H groups in total. The van der Waals surface area contributed by atoms with Crippen LogP contribution in [0.4, 0.5) is 0 Å². The second kappa shape index (κ2) is 10.6. The molecule has 1 heterocycles. The van der Waals surface area contributed by atoms with Crippen molar-refractivity contribution in [2.45, 2.75) is 60.0 Å². The Morgan fingerprint density at radius 1 is 1.30 bits per heavy atom. The summed E-state index contributed by atoms with van der Waals surface area (Å²) in [5.74, 6) is -1.73. The maximum Gasteiger partial charge on any atom is 0.349 e. The topological polar surface area (TPSA) is 104 Å². The fourth-order valence-corrected chi connectivity index (χ4v) is 2.91. The quantitative estimate of drug-likeness (QED) is 0.398. The molecule has 1 aromatic heterocycles. The molecule has 0 aliphatic rings. The number of ether oxygens (including phenoxy) is 1. The lowest BCUT2D eigenvalue weighted by Gasteiger charge is -2.23. The average Bonchev–Trinajstić information content (AvgIpc) is 2.89. The predicted octanol–water partition coefficient (Wildman–Crippen LogP) is 2.34. The molecule has 164 valence electrons. The highest BCUT2D eigenvalue weighted by atomic mass is 16.5. The van der Waals surface area contributed by atoms with Crippen molar-refractivity contribution in [3.63, 3.8) is 0 Å². The van der Waals surface area contributed by atoms with Crippen molar-refractivity contribution >= 4 is 23.9 Å². The van der Waals surface area contributed by atoms with Gasteiger partial charge in [0.25, 0.3) is 5.91 Å². The van der Waals surface area contributed by atoms with E-state index in [9.17, 15) is 19.6 Å². The summed E-state index contributed by atoms with van der Waals surface area (Å²) in [4.78, 5) is 37.5. The van der Waals surface area contributed by atoms with E-state index in [0.717, 1.165) is 29.9 Å². The lowest BCUT2D eigenvalue weighted by atomic mass is 10.1. The van der Waals surface area contributed by atoms with E-state index in [2.05, 4.69) is 16.8 Å². The van der Waals surface area contributed by atoms with Crippen molar-refractivity contribution < 1.29 is 19.1 Å². The molecule has 0 atom stereocenters. The Morgan fingerprint density at radius 2 is 1.93 bits per heavy atom. The van der Waals surface area contributed by atoms with Gasteiger partial charge in [0, 0.05) is 30.5 Å². The van der Waals surface area contributed by atoms with E-state index in [1.807, 2.05) is 46.8 Å². The van der Waals surface area contributed by atoms with E-state index < -0.39 is 24.0 Å². The van der Waals surface area contributed by atoms with Gasteiger partial charge in [0.05, 0.1) is 6.54 Å². The van der Waals surface area contributed by atoms with E-state index in [1.165, 1.54) is 18.0 Å². The summed E-state index contributed by atoms with van der Waals surface area (Å²) in [5, 5.41) is 12.1. The molecule has 30 heavy (non-hydrogen) atoms. The molecule has 0 bridgehead atoms. The normalized spacial score (nSPS) is 11.6. The second-order valence-electron chi connectivity index (χ2n) is 8.27. The van der Waals surface area contributed by atoms with Crippen LogP contribution >= 0.6 is 0 Å². The molecule has 8 heteroatoms. The van der Waals surface area contributed by atoms with Crippen LogP contribution in [0.15, 0.2) is 11.6 Å². The van der Waals surface area contributed by atoms with Gasteiger partial charge in [-0.2, -0.15) is 5.26 Å². The lowest BCUT2D eigenvalue weighted by Crippen LogP contribution is -2.46. The molecule has 0 spiro atoms. The number of amides is 2. The maximum absolute atomic E-state index is 12.3. The van der Waals surface area contributed by atoms with Gasteiger partial charge in [0.1, 0.15) is 11.6 Å². The molecule has 0 unspecified atom stereocenters. The van der Waals surface area contributed by atoms with E-state index in [4.69, 9.17) is 4.74 Å². The number of aromatic nitrogens is 1. The number of carbonyl (C=O) groups is 3. The van der Waals surface area contributed by atoms with Crippen LogP contribution in [0.25, 0.3) is 6.08 Å². The first kappa shape index (κ1) is 25.0. The minimum Gasteiger partial charge on any atom is -0.451 e. The summed E-state index contributed by atoms with van der Waals surface area (Å²) >= 11 is 0. The van der Waals surface area contributed by atoms with Crippen molar-refractivity contribution in [2.24, 2.45) is 0 Å². The van der Waals surface area contributed by atoms with Crippen molar-refractivity contribution in [1.29, 1.82) is 5.26 Å². The standard InChI is InChI=1S/C22H32N4O4/c1-8-9-26-15(2)10-17(16(26)3)11-18(12-23)21(29)30-14-20(28)25(7)13-19(27)24-22(4,5)6/h10-11H,8-9,13-14H2,1-7H3,(H,24,27)/b18-11+. The Labute approximate surface area is 178 Å². The highest BCUT2D eigenvalue weighted by Gasteiger charge is 2.20. The maximum atomic E-state index is 12.3. The number of hydrogen-bond acceptors (Lipinski definition) is 5. The largest absolute Gasteiger partial charge is 0.451 e. The van der Waals surface area contributed by atoms with E-state index in [0.29, 0.717) is 0 Å². The van der Waals surface area contributed by atoms with Crippen LogP contribution in [0.2, 0.25) is 0 Å². The van der Waals surface area contributed by atoms with Crippen LogP contribution in [-0.4, -0.2) is 53.0 Å². The summed E-state index contributed by atoms with van der Waals surface area (Å²) in [5.41, 5.74) is 2.16. The average molecular weight is 417 g/mol. The molecule has 0 fully saturated rings. The summed E-state index contributed by atoms with van der Waals surface area (Å²) in [6.45, 7) is 11.6. The monoisotopic (exact) mass is 416 g/mol. The van der Waals surface area contributed by atoms with E-state index >= 15 is 0 Å². The third-order valence-corrected chi connectivity index (χ3v) is 4.35. The smallest absolute Gasteiger partial charge is 0.349 e. The minimum atomic E-state index is -0.876. The molecule has 2 amide bonds. The zero-order chi connectivity index (χ0) is 23.1. The van der Waals surface area contributed by atoms with Crippen molar-refractivity contribution in [3.05, 3.63) is 28.6 Å². The first-order valence-corrected chi connectivity index (χ1v) is 9.90. The Hall–Kier alpha value is -3.08. The van der Waals surface area contributed by atoms with Crippen LogP contribution in [-0.2, 0) is 25.7 Å². The van der Waals surface area contributed by atoms with E-state index in [-0.39, 0.29) is 18.0 Å². The third kappa shape index (κ3) is 7.39. The summed E-state index contributed by atoms with van der Waals surface area (Å²) in [6.07, 6.45) is 2.44. The number of aryl methyl sites for hydroxylation is 1. The van der Waals surface area contributed by atoms with Gasteiger partial charge in [0.2, 0.25) is 5.91 Å².